The number of carbonyl (C=O) groups is 1. The molecule has 0 saturated carbocycles. The molecular weight excluding hydrogens is 466 g/mol. The Bertz CT molecular complexity index is 1450. The highest BCUT2D eigenvalue weighted by Gasteiger charge is 2.26. The summed E-state index contributed by atoms with van der Waals surface area (Å²) in [6.07, 6.45) is 6.81. The number of carbonyl (C=O) groups excluding carboxylic acids is 1. The van der Waals surface area contributed by atoms with Crippen LogP contribution in [0.4, 0.5) is 4.39 Å². The van der Waals surface area contributed by atoms with Gasteiger partial charge >= 0.3 is 5.97 Å². The predicted molar refractivity (Wildman–Crippen MR) is 143 cm³/mol. The molecule has 1 radical (unpaired) electrons. The Kier molecular flexibility index (Phi) is 7.22. The van der Waals surface area contributed by atoms with Crippen molar-refractivity contribution >= 4 is 29.9 Å². The average Bonchev–Trinajstić information content (AvgIpc) is 3.49. The normalized spacial score (nSPS) is 12.8. The van der Waals surface area contributed by atoms with Gasteiger partial charge in [0.2, 0.25) is 0 Å². The second-order valence-corrected chi connectivity index (χ2v) is 8.96. The van der Waals surface area contributed by atoms with Crippen LogP contribution in [-0.4, -0.2) is 29.6 Å². The van der Waals surface area contributed by atoms with E-state index in [0.717, 1.165) is 45.4 Å². The summed E-state index contributed by atoms with van der Waals surface area (Å²) >= 11 is 0. The Morgan fingerprint density at radius 2 is 1.86 bits per heavy atom. The predicted octanol–water partition coefficient (Wildman–Crippen LogP) is 5.09. The number of ether oxygens (including phenoxy) is 1. The van der Waals surface area contributed by atoms with Crippen LogP contribution in [0.15, 0.2) is 83.5 Å². The summed E-state index contributed by atoms with van der Waals surface area (Å²) in [7, 11) is 2.12. The molecule has 0 aliphatic heterocycles. The van der Waals surface area contributed by atoms with Gasteiger partial charge in [-0.25, -0.2) is 9.18 Å². The van der Waals surface area contributed by atoms with E-state index in [0.29, 0.717) is 30.9 Å². The fourth-order valence-corrected chi connectivity index (χ4v) is 4.52. The van der Waals surface area contributed by atoms with Gasteiger partial charge in [0.1, 0.15) is 11.6 Å². The Balaban J connectivity index is 1.35. The molecular formula is C30H27BFN2O3. The smallest absolute Gasteiger partial charge is 0.338 e. The molecule has 5 nitrogen and oxygen atoms in total. The minimum absolute atomic E-state index is 0.224. The van der Waals surface area contributed by atoms with Crippen LogP contribution in [0.5, 0.6) is 0 Å². The van der Waals surface area contributed by atoms with Gasteiger partial charge in [0.15, 0.2) is 7.28 Å². The number of halogens is 1. The van der Waals surface area contributed by atoms with Crippen LogP contribution in [0.1, 0.15) is 40.8 Å². The molecule has 37 heavy (non-hydrogen) atoms. The van der Waals surface area contributed by atoms with E-state index in [1.165, 1.54) is 12.1 Å². The van der Waals surface area contributed by atoms with Crippen LogP contribution >= 0.6 is 0 Å². The zero-order valence-corrected chi connectivity index (χ0v) is 20.9. The van der Waals surface area contributed by atoms with E-state index in [4.69, 9.17) is 14.3 Å². The van der Waals surface area contributed by atoms with Gasteiger partial charge in [-0.2, -0.15) is 5.10 Å². The number of allylic oxidation sites excluding steroid dienone is 3. The molecule has 5 rings (SSSR count). The number of esters is 1. The number of fused-ring (bicyclic) bond motifs is 1. The maximum atomic E-state index is 13.1. The summed E-state index contributed by atoms with van der Waals surface area (Å²) in [6.45, 7) is 4.67. The molecule has 2 aromatic heterocycles. The third-order valence-corrected chi connectivity index (χ3v) is 6.46. The molecule has 0 unspecified atom stereocenters. The average molecular weight is 493 g/mol. The largest absolute Gasteiger partial charge is 0.464 e. The van der Waals surface area contributed by atoms with E-state index in [2.05, 4.69) is 31.5 Å². The van der Waals surface area contributed by atoms with Crippen molar-refractivity contribution < 1.29 is 18.3 Å². The van der Waals surface area contributed by atoms with E-state index in [-0.39, 0.29) is 11.8 Å². The summed E-state index contributed by atoms with van der Waals surface area (Å²) in [5, 5.41) is 4.87. The number of hydrogen-bond donors (Lipinski definition) is 0. The van der Waals surface area contributed by atoms with E-state index >= 15 is 0 Å². The minimum Gasteiger partial charge on any atom is -0.464 e. The van der Waals surface area contributed by atoms with E-state index in [9.17, 15) is 9.18 Å². The SMILES string of the molecule is CCOC(=O)C1=CC(c2ccco2)=CCc2nn(Cc3ccc([B]Cc4ccc(F)cc4)cc3)c(C)c21. The van der Waals surface area contributed by atoms with Crippen LogP contribution in [0.3, 0.4) is 0 Å². The Morgan fingerprint density at radius 1 is 1.11 bits per heavy atom. The third kappa shape index (κ3) is 5.51. The molecule has 0 spiro atoms. The lowest BCUT2D eigenvalue weighted by Gasteiger charge is -2.10. The van der Waals surface area contributed by atoms with Gasteiger partial charge in [-0.1, -0.05) is 53.5 Å². The second-order valence-electron chi connectivity index (χ2n) is 8.96. The molecule has 2 heterocycles. The van der Waals surface area contributed by atoms with Crippen LogP contribution < -0.4 is 5.46 Å². The first kappa shape index (κ1) is 24.6. The van der Waals surface area contributed by atoms with Crippen molar-refractivity contribution in [2.24, 2.45) is 0 Å². The number of furan rings is 1. The molecule has 0 bridgehead atoms. The lowest BCUT2D eigenvalue weighted by molar-refractivity contribution is -0.136. The van der Waals surface area contributed by atoms with E-state index < -0.39 is 0 Å². The summed E-state index contributed by atoms with van der Waals surface area (Å²) < 4.78 is 26.0. The molecule has 2 aromatic carbocycles. The third-order valence-electron chi connectivity index (χ3n) is 6.46. The Morgan fingerprint density at radius 3 is 2.57 bits per heavy atom. The number of benzene rings is 2. The fourth-order valence-electron chi connectivity index (χ4n) is 4.52. The summed E-state index contributed by atoms with van der Waals surface area (Å²) in [5.41, 5.74) is 7.17. The number of hydrogen-bond acceptors (Lipinski definition) is 4. The number of aromatic nitrogens is 2. The molecule has 0 amide bonds. The van der Waals surface area contributed by atoms with Crippen LogP contribution in [0.2, 0.25) is 0 Å². The molecule has 0 N–H and O–H groups in total. The molecule has 0 fully saturated rings. The molecule has 185 valence electrons. The second kappa shape index (κ2) is 10.9. The zero-order chi connectivity index (χ0) is 25.8. The van der Waals surface area contributed by atoms with Crippen molar-refractivity contribution in [1.29, 1.82) is 0 Å². The highest BCUT2D eigenvalue weighted by Crippen LogP contribution is 2.32. The first-order chi connectivity index (χ1) is 18.0. The van der Waals surface area contributed by atoms with Gasteiger partial charge in [0, 0.05) is 23.3 Å². The summed E-state index contributed by atoms with van der Waals surface area (Å²) in [4.78, 5) is 13.0. The van der Waals surface area contributed by atoms with Crippen LogP contribution in [-0.2, 0) is 28.8 Å². The summed E-state index contributed by atoms with van der Waals surface area (Å²) in [6, 6.07) is 18.6. The monoisotopic (exact) mass is 493 g/mol. The topological polar surface area (TPSA) is 57.3 Å². The van der Waals surface area contributed by atoms with Gasteiger partial charge in [-0.3, -0.25) is 4.68 Å². The summed E-state index contributed by atoms with van der Waals surface area (Å²) in [5.74, 6) is 0.110. The first-order valence-corrected chi connectivity index (χ1v) is 12.4. The highest BCUT2D eigenvalue weighted by atomic mass is 19.1. The highest BCUT2D eigenvalue weighted by molar-refractivity contribution is 6.52. The van der Waals surface area contributed by atoms with Gasteiger partial charge < -0.3 is 9.15 Å². The maximum Gasteiger partial charge on any atom is 0.338 e. The number of nitrogens with zero attached hydrogens (tertiary/aromatic N) is 2. The van der Waals surface area contributed by atoms with E-state index in [1.54, 1.807) is 25.3 Å². The molecule has 7 heteroatoms. The zero-order valence-electron chi connectivity index (χ0n) is 20.9. The fraction of sp³-hybridized carbons (Fsp3) is 0.200. The van der Waals surface area contributed by atoms with Crippen molar-refractivity contribution in [1.82, 2.24) is 9.78 Å². The van der Waals surface area contributed by atoms with Gasteiger partial charge in [0.25, 0.3) is 0 Å². The minimum atomic E-state index is -0.369. The number of rotatable bonds is 8. The van der Waals surface area contributed by atoms with Crippen LogP contribution in [0, 0.1) is 12.7 Å². The van der Waals surface area contributed by atoms with Crippen molar-refractivity contribution in [3.8, 4) is 0 Å². The van der Waals surface area contributed by atoms with Gasteiger partial charge in [-0.05, 0) is 56.1 Å². The quantitative estimate of drug-likeness (QED) is 0.254. The molecule has 0 saturated heterocycles. The van der Waals surface area contributed by atoms with Crippen molar-refractivity contribution in [3.05, 3.63) is 119 Å². The van der Waals surface area contributed by atoms with Crippen molar-refractivity contribution in [2.45, 2.75) is 33.1 Å². The van der Waals surface area contributed by atoms with Gasteiger partial charge in [-0.15, -0.1) is 0 Å². The van der Waals surface area contributed by atoms with Crippen molar-refractivity contribution in [2.75, 3.05) is 6.61 Å². The Labute approximate surface area is 216 Å². The Hall–Kier alpha value is -4.13. The molecule has 4 aromatic rings. The standard InChI is InChI=1S/C30H27BFN2O3/c1-3-36-30(35)26-17-23(28-5-4-16-37-28)10-15-27-29(26)20(2)34(33-27)19-22-6-11-24(12-7-22)31-18-21-8-13-25(32)14-9-21/h4-14,16-17H,3,15,18-19H2,1-2H3. The van der Waals surface area contributed by atoms with Crippen molar-refractivity contribution in [3.63, 3.8) is 0 Å². The first-order valence-electron chi connectivity index (χ1n) is 12.4. The molecule has 1 aliphatic carbocycles. The lowest BCUT2D eigenvalue weighted by Crippen LogP contribution is -2.17. The molecule has 0 atom stereocenters. The van der Waals surface area contributed by atoms with E-state index in [1.807, 2.05) is 35.9 Å². The van der Waals surface area contributed by atoms with Gasteiger partial charge in [0.05, 0.1) is 30.7 Å². The molecule has 1 aliphatic rings. The lowest BCUT2D eigenvalue weighted by atomic mass is 9.65. The maximum absolute atomic E-state index is 13.1. The van der Waals surface area contributed by atoms with Crippen LogP contribution in [0.25, 0.3) is 11.1 Å².